The number of carbonyl (C=O) groups excluding carboxylic acids is 2. The van der Waals surface area contributed by atoms with Gasteiger partial charge in [0, 0.05) is 5.97 Å². The van der Waals surface area contributed by atoms with E-state index in [1.807, 2.05) is 13.8 Å². The smallest absolute Gasteiger partial charge is 0.550 e. The van der Waals surface area contributed by atoms with Gasteiger partial charge in [-0.3, -0.25) is 4.55 Å². The van der Waals surface area contributed by atoms with Crippen LogP contribution < -0.4 is 69.3 Å². The van der Waals surface area contributed by atoms with Crippen LogP contribution in [-0.4, -0.2) is 29.7 Å². The van der Waals surface area contributed by atoms with E-state index in [0.29, 0.717) is 12.8 Å². The number of rotatable bonds is 15. The van der Waals surface area contributed by atoms with Crippen molar-refractivity contribution < 1.29 is 91.9 Å². The summed E-state index contributed by atoms with van der Waals surface area (Å²) < 4.78 is 31.1. The number of carbonyl (C=O) groups is 2. The summed E-state index contributed by atoms with van der Waals surface area (Å²) in [6.45, 7) is 3.93. The third-order valence-corrected chi connectivity index (χ3v) is 6.31. The molecule has 0 saturated carbocycles. The molecule has 0 aromatic heterocycles. The van der Waals surface area contributed by atoms with Crippen LogP contribution in [0.25, 0.3) is 0 Å². The van der Waals surface area contributed by atoms with E-state index in [1.54, 1.807) is 0 Å². The Morgan fingerprint density at radius 1 is 0.926 bits per heavy atom. The van der Waals surface area contributed by atoms with Gasteiger partial charge < -0.3 is 19.8 Å². The van der Waals surface area contributed by atoms with Gasteiger partial charge in [0.05, 0.1) is 5.97 Å². The molecule has 0 aliphatic rings. The zero-order valence-corrected chi connectivity index (χ0v) is 22.0. The molecule has 7 nitrogen and oxygen atoms in total. The van der Waals surface area contributed by atoms with Crippen molar-refractivity contribution in [3.05, 3.63) is 0 Å². The predicted octanol–water partition coefficient (Wildman–Crippen LogP) is -4.93. The number of hydrogen-bond donors (Lipinski definition) is 1. The Morgan fingerprint density at radius 3 is 1.78 bits per heavy atom. The summed E-state index contributed by atoms with van der Waals surface area (Å²) in [6, 6.07) is 0. The second-order valence-electron chi connectivity index (χ2n) is 6.59. The molecule has 0 rings (SSSR count). The maximum absolute atomic E-state index is 12.0. The molecule has 1 N–H and O–H groups in total. The Labute approximate surface area is 207 Å². The fourth-order valence-corrected chi connectivity index (χ4v) is 4.49. The van der Waals surface area contributed by atoms with Crippen LogP contribution >= 0.6 is 0 Å². The first-order chi connectivity index (χ1) is 11.6. The Kier molecular flexibility index (Phi) is 20.0. The summed E-state index contributed by atoms with van der Waals surface area (Å²) in [5, 5.41) is 22.9. The van der Waals surface area contributed by atoms with Crippen molar-refractivity contribution in [3.8, 4) is 0 Å². The van der Waals surface area contributed by atoms with Crippen molar-refractivity contribution in [2.24, 2.45) is 5.92 Å². The van der Waals surface area contributed by atoms with Gasteiger partial charge in [-0.25, -0.2) is 0 Å². The quantitative estimate of drug-likeness (QED) is 0.158. The van der Waals surface area contributed by atoms with Crippen LogP contribution in [0.1, 0.15) is 84.5 Å². The molecule has 0 aromatic rings. The summed E-state index contributed by atoms with van der Waals surface area (Å²) in [7, 11) is -5.05. The molecule has 2 atom stereocenters. The van der Waals surface area contributed by atoms with Crippen molar-refractivity contribution in [2.75, 3.05) is 0 Å². The van der Waals surface area contributed by atoms with Crippen LogP contribution in [-0.2, 0) is 19.7 Å². The number of unbranched alkanes of at least 4 members (excludes halogenated alkanes) is 6. The number of carboxylic acids is 2. The Balaban J connectivity index is -0.00000288. The first kappa shape index (κ1) is 32.5. The maximum Gasteiger partial charge on any atom is 1.00 e. The van der Waals surface area contributed by atoms with Crippen LogP contribution in [0, 0.1) is 5.92 Å². The average molecular weight is 424 g/mol. The van der Waals surface area contributed by atoms with Crippen LogP contribution in [0.15, 0.2) is 0 Å². The Bertz CT molecular complexity index is 525. The van der Waals surface area contributed by atoms with Gasteiger partial charge in [0.15, 0.2) is 0 Å². The predicted molar refractivity (Wildman–Crippen MR) is 89.9 cm³/mol. The van der Waals surface area contributed by atoms with Crippen LogP contribution in [0.5, 0.6) is 0 Å². The molecule has 0 bridgehead atoms. The maximum atomic E-state index is 12.0. The van der Waals surface area contributed by atoms with Gasteiger partial charge >= 0.3 is 59.1 Å². The molecule has 0 fully saturated rings. The van der Waals surface area contributed by atoms with Gasteiger partial charge in [-0.1, -0.05) is 65.2 Å². The Hall–Kier alpha value is 0.850. The Morgan fingerprint density at radius 2 is 1.41 bits per heavy atom. The molecule has 0 aliphatic heterocycles. The second kappa shape index (κ2) is 16.6. The van der Waals surface area contributed by atoms with Gasteiger partial charge in [-0.15, -0.1) is 0 Å². The van der Waals surface area contributed by atoms with E-state index in [2.05, 4.69) is 0 Å². The molecule has 148 valence electrons. The van der Waals surface area contributed by atoms with E-state index < -0.39 is 39.1 Å². The molecular formula is C17H30Na2O7S. The van der Waals surface area contributed by atoms with Crippen LogP contribution in [0.2, 0.25) is 0 Å². The van der Waals surface area contributed by atoms with Gasteiger partial charge in [-0.2, -0.15) is 8.42 Å². The molecule has 27 heavy (non-hydrogen) atoms. The van der Waals surface area contributed by atoms with Crippen molar-refractivity contribution in [3.63, 3.8) is 0 Å². The van der Waals surface area contributed by atoms with E-state index in [1.165, 1.54) is 0 Å². The van der Waals surface area contributed by atoms with Crippen molar-refractivity contribution in [2.45, 2.75) is 89.2 Å². The summed E-state index contributed by atoms with van der Waals surface area (Å²) in [5.41, 5.74) is 0. The minimum Gasteiger partial charge on any atom is -0.550 e. The van der Waals surface area contributed by atoms with Crippen LogP contribution in [0.4, 0.5) is 0 Å². The van der Waals surface area contributed by atoms with Gasteiger partial charge in [0.1, 0.15) is 4.75 Å². The largest absolute Gasteiger partial charge is 1.00 e. The molecule has 0 aromatic carbocycles. The minimum atomic E-state index is -5.05. The number of carboxylic acid groups (broad SMARTS) is 2. The van der Waals surface area contributed by atoms with E-state index >= 15 is 0 Å². The summed E-state index contributed by atoms with van der Waals surface area (Å²) in [6.07, 6.45) is 4.46. The molecule has 0 saturated heterocycles. The van der Waals surface area contributed by atoms with Gasteiger partial charge in [0.25, 0.3) is 10.1 Å². The molecular weight excluding hydrogens is 394 g/mol. The number of aliphatic carboxylic acids is 2. The second-order valence-corrected chi connectivity index (χ2v) is 8.26. The molecule has 0 aliphatic carbocycles. The fourth-order valence-electron chi connectivity index (χ4n) is 3.25. The van der Waals surface area contributed by atoms with Gasteiger partial charge in [-0.05, 0) is 25.2 Å². The van der Waals surface area contributed by atoms with E-state index in [9.17, 15) is 32.8 Å². The third-order valence-electron chi connectivity index (χ3n) is 4.69. The monoisotopic (exact) mass is 424 g/mol. The normalized spacial score (nSPS) is 14.3. The van der Waals surface area contributed by atoms with E-state index in [4.69, 9.17) is 0 Å². The summed E-state index contributed by atoms with van der Waals surface area (Å²) in [5.74, 6) is -4.76. The van der Waals surface area contributed by atoms with Crippen molar-refractivity contribution in [1.29, 1.82) is 0 Å². The van der Waals surface area contributed by atoms with Gasteiger partial charge in [0.2, 0.25) is 0 Å². The molecule has 0 radical (unpaired) electrons. The molecule has 0 spiro atoms. The first-order valence-corrected chi connectivity index (χ1v) is 10.5. The minimum absolute atomic E-state index is 0. The average Bonchev–Trinajstić information content (AvgIpc) is 2.48. The number of hydrogen-bond acceptors (Lipinski definition) is 6. The van der Waals surface area contributed by atoms with Crippen LogP contribution in [0.3, 0.4) is 0 Å². The third kappa shape index (κ3) is 11.0. The van der Waals surface area contributed by atoms with Crippen molar-refractivity contribution >= 4 is 22.1 Å². The molecule has 0 amide bonds. The fraction of sp³-hybridized carbons (Fsp3) is 0.882. The topological polar surface area (TPSA) is 135 Å². The zero-order chi connectivity index (χ0) is 19.5. The molecule has 0 heterocycles. The van der Waals surface area contributed by atoms with E-state index in [0.717, 1.165) is 32.1 Å². The summed E-state index contributed by atoms with van der Waals surface area (Å²) in [4.78, 5) is 22.9. The standard InChI is InChI=1S/C17H32O7S.2Na/c1-3-5-7-9-11-14(13-15(18)19)17(16(20)21,25(22,23)24)12-10-8-6-4-2;;/h14H,3-13H2,1-2H3,(H,18,19)(H,20,21)(H,22,23,24);;/q;2*+1/p-2. The van der Waals surface area contributed by atoms with E-state index in [-0.39, 0.29) is 78.4 Å². The summed E-state index contributed by atoms with van der Waals surface area (Å²) >= 11 is 0. The SMILES string of the molecule is CCCCCCC(CC(=O)[O-])C(CCCCCC)(C(=O)[O-])S(=O)(=O)O.[Na+].[Na+]. The van der Waals surface area contributed by atoms with Crippen molar-refractivity contribution in [1.82, 2.24) is 0 Å². The first-order valence-electron chi connectivity index (χ1n) is 9.01. The zero-order valence-electron chi connectivity index (χ0n) is 17.2. The molecule has 2 unspecified atom stereocenters. The molecule has 10 heteroatoms.